The van der Waals surface area contributed by atoms with Gasteiger partial charge in [-0.25, -0.2) is 4.98 Å². The number of anilines is 1. The molecule has 0 bridgehead atoms. The van der Waals surface area contributed by atoms with Crippen molar-refractivity contribution < 1.29 is 4.79 Å². The number of carbonyl (C=O) groups is 1. The van der Waals surface area contributed by atoms with Gasteiger partial charge >= 0.3 is 0 Å². The molecular weight excluding hydrogens is 406 g/mol. The third-order valence-corrected chi connectivity index (χ3v) is 6.03. The fraction of sp³-hybridized carbons (Fsp3) is 0.160. The zero-order chi connectivity index (χ0) is 21.8. The first-order chi connectivity index (χ1) is 15.1. The van der Waals surface area contributed by atoms with E-state index in [0.29, 0.717) is 16.1 Å². The molecule has 4 rings (SSSR count). The average Bonchev–Trinajstić information content (AvgIpc) is 2.79. The second-order valence-corrected chi connectivity index (χ2v) is 8.13. The van der Waals surface area contributed by atoms with E-state index >= 15 is 0 Å². The number of hydrogen-bond acceptors (Lipinski definition) is 4. The van der Waals surface area contributed by atoms with E-state index in [-0.39, 0.29) is 17.2 Å². The standard InChI is InChI=1S/C25H23N3O2S/c1-3-18-11-9-10-17(2)23(18)27-22(29)16-31-25-26-21-15-8-7-14-20(21)24(30)28(25)19-12-5-4-6-13-19/h4-15H,3,16H2,1-2H3,(H,27,29). The average molecular weight is 430 g/mol. The number of aryl methyl sites for hydroxylation is 2. The van der Waals surface area contributed by atoms with Gasteiger partial charge in [-0.3, -0.25) is 14.2 Å². The summed E-state index contributed by atoms with van der Waals surface area (Å²) in [5.74, 6) is 0.0192. The van der Waals surface area contributed by atoms with E-state index in [9.17, 15) is 9.59 Å². The van der Waals surface area contributed by atoms with E-state index in [0.717, 1.165) is 28.9 Å². The molecule has 0 saturated heterocycles. The molecule has 0 spiro atoms. The Kier molecular flexibility index (Phi) is 6.18. The maximum Gasteiger partial charge on any atom is 0.266 e. The summed E-state index contributed by atoms with van der Waals surface area (Å²) < 4.78 is 1.57. The molecule has 1 N–H and O–H groups in total. The molecule has 6 heteroatoms. The lowest BCUT2D eigenvalue weighted by Gasteiger charge is -2.15. The van der Waals surface area contributed by atoms with Gasteiger partial charge in [0.25, 0.3) is 5.56 Å². The molecule has 0 unspecified atom stereocenters. The number of rotatable bonds is 6. The lowest BCUT2D eigenvalue weighted by molar-refractivity contribution is -0.113. The normalized spacial score (nSPS) is 10.9. The van der Waals surface area contributed by atoms with Gasteiger partial charge in [0.2, 0.25) is 5.91 Å². The third-order valence-electron chi connectivity index (χ3n) is 5.10. The molecule has 0 aliphatic rings. The van der Waals surface area contributed by atoms with Gasteiger partial charge in [-0.1, -0.05) is 67.2 Å². The topological polar surface area (TPSA) is 64.0 Å². The van der Waals surface area contributed by atoms with Gasteiger partial charge in [-0.15, -0.1) is 0 Å². The molecule has 1 aromatic heterocycles. The van der Waals surface area contributed by atoms with E-state index in [1.54, 1.807) is 10.6 Å². The smallest absolute Gasteiger partial charge is 0.266 e. The van der Waals surface area contributed by atoms with Crippen molar-refractivity contribution >= 4 is 34.3 Å². The highest BCUT2D eigenvalue weighted by Gasteiger charge is 2.15. The highest BCUT2D eigenvalue weighted by atomic mass is 32.2. The van der Waals surface area contributed by atoms with Crippen molar-refractivity contribution in [2.45, 2.75) is 25.4 Å². The third kappa shape index (κ3) is 4.39. The zero-order valence-corrected chi connectivity index (χ0v) is 18.3. The number of nitrogens with one attached hydrogen (secondary N) is 1. The van der Waals surface area contributed by atoms with Crippen LogP contribution in [0.1, 0.15) is 18.1 Å². The molecule has 4 aromatic rings. The Morgan fingerprint density at radius 2 is 1.74 bits per heavy atom. The number of nitrogens with zero attached hydrogens (tertiary/aromatic N) is 2. The largest absolute Gasteiger partial charge is 0.325 e. The van der Waals surface area contributed by atoms with E-state index < -0.39 is 0 Å². The first-order valence-electron chi connectivity index (χ1n) is 10.2. The van der Waals surface area contributed by atoms with Crippen molar-refractivity contribution in [3.63, 3.8) is 0 Å². The molecule has 156 valence electrons. The number of amides is 1. The van der Waals surface area contributed by atoms with Crippen LogP contribution in [-0.4, -0.2) is 21.2 Å². The number of thioether (sulfide) groups is 1. The van der Waals surface area contributed by atoms with Crippen LogP contribution in [0.5, 0.6) is 0 Å². The van der Waals surface area contributed by atoms with E-state index in [4.69, 9.17) is 0 Å². The van der Waals surface area contributed by atoms with Crippen LogP contribution in [-0.2, 0) is 11.2 Å². The molecule has 1 amide bonds. The van der Waals surface area contributed by atoms with Crippen molar-refractivity contribution in [1.82, 2.24) is 9.55 Å². The van der Waals surface area contributed by atoms with Crippen LogP contribution >= 0.6 is 11.8 Å². The van der Waals surface area contributed by atoms with Crippen molar-refractivity contribution in [3.8, 4) is 5.69 Å². The number of para-hydroxylation sites is 3. The van der Waals surface area contributed by atoms with Crippen LogP contribution in [0, 0.1) is 6.92 Å². The van der Waals surface area contributed by atoms with Crippen molar-refractivity contribution in [2.75, 3.05) is 11.1 Å². The number of aromatic nitrogens is 2. The minimum atomic E-state index is -0.146. The summed E-state index contributed by atoms with van der Waals surface area (Å²) >= 11 is 1.26. The SMILES string of the molecule is CCc1cccc(C)c1NC(=O)CSc1nc2ccccc2c(=O)n1-c1ccccc1. The second-order valence-electron chi connectivity index (χ2n) is 7.19. The number of fused-ring (bicyclic) bond motifs is 1. The summed E-state index contributed by atoms with van der Waals surface area (Å²) in [6, 6.07) is 22.7. The molecule has 0 fully saturated rings. The lowest BCUT2D eigenvalue weighted by Crippen LogP contribution is -2.23. The molecule has 1 heterocycles. The minimum absolute atomic E-state index is 0.129. The number of hydrogen-bond donors (Lipinski definition) is 1. The molecule has 5 nitrogen and oxygen atoms in total. The Morgan fingerprint density at radius 1 is 1.00 bits per heavy atom. The van der Waals surface area contributed by atoms with E-state index in [2.05, 4.69) is 17.2 Å². The molecule has 0 aliphatic heterocycles. The first kappa shape index (κ1) is 20.9. The number of carbonyl (C=O) groups excluding carboxylic acids is 1. The van der Waals surface area contributed by atoms with Gasteiger partial charge in [0.1, 0.15) is 0 Å². The van der Waals surface area contributed by atoms with Gasteiger partial charge in [0.05, 0.1) is 22.3 Å². The Labute approximate surface area is 185 Å². The van der Waals surface area contributed by atoms with Gasteiger partial charge < -0.3 is 5.32 Å². The maximum absolute atomic E-state index is 13.2. The minimum Gasteiger partial charge on any atom is -0.325 e. The molecule has 0 atom stereocenters. The first-order valence-corrected chi connectivity index (χ1v) is 11.2. The lowest BCUT2D eigenvalue weighted by atomic mass is 10.1. The monoisotopic (exact) mass is 429 g/mol. The van der Waals surface area contributed by atoms with Gasteiger partial charge in [0.15, 0.2) is 5.16 Å². The highest BCUT2D eigenvalue weighted by molar-refractivity contribution is 7.99. The molecule has 0 saturated carbocycles. The van der Waals surface area contributed by atoms with Crippen LogP contribution in [0.3, 0.4) is 0 Å². The van der Waals surface area contributed by atoms with Crippen LogP contribution < -0.4 is 10.9 Å². The van der Waals surface area contributed by atoms with Gasteiger partial charge in [0, 0.05) is 5.69 Å². The predicted octanol–water partition coefficient (Wildman–Crippen LogP) is 4.99. The quantitative estimate of drug-likeness (QED) is 0.347. The van der Waals surface area contributed by atoms with E-state index in [1.165, 1.54) is 11.8 Å². The molecule has 31 heavy (non-hydrogen) atoms. The second kappa shape index (κ2) is 9.18. The van der Waals surface area contributed by atoms with E-state index in [1.807, 2.05) is 73.7 Å². The van der Waals surface area contributed by atoms with Crippen molar-refractivity contribution in [1.29, 1.82) is 0 Å². The Bertz CT molecular complexity index is 1300. The Morgan fingerprint density at radius 3 is 2.52 bits per heavy atom. The summed E-state index contributed by atoms with van der Waals surface area (Å²) in [6.45, 7) is 4.05. The zero-order valence-electron chi connectivity index (χ0n) is 17.5. The molecular formula is C25H23N3O2S. The fourth-order valence-electron chi connectivity index (χ4n) is 3.52. The molecule has 3 aromatic carbocycles. The van der Waals surface area contributed by atoms with Gasteiger partial charge in [-0.05, 0) is 48.7 Å². The summed E-state index contributed by atoms with van der Waals surface area (Å²) in [6.07, 6.45) is 0.838. The molecule has 0 aliphatic carbocycles. The summed E-state index contributed by atoms with van der Waals surface area (Å²) in [5.41, 5.74) is 4.19. The number of benzene rings is 3. The summed E-state index contributed by atoms with van der Waals surface area (Å²) in [5, 5.41) is 4.08. The van der Waals surface area contributed by atoms with Crippen molar-refractivity contribution in [2.24, 2.45) is 0 Å². The van der Waals surface area contributed by atoms with Crippen LogP contribution in [0.2, 0.25) is 0 Å². The van der Waals surface area contributed by atoms with Crippen LogP contribution in [0.15, 0.2) is 82.7 Å². The molecule has 0 radical (unpaired) electrons. The van der Waals surface area contributed by atoms with Crippen LogP contribution in [0.25, 0.3) is 16.6 Å². The van der Waals surface area contributed by atoms with Crippen LogP contribution in [0.4, 0.5) is 5.69 Å². The Balaban J connectivity index is 1.66. The Hall–Kier alpha value is -3.38. The van der Waals surface area contributed by atoms with Gasteiger partial charge in [-0.2, -0.15) is 0 Å². The predicted molar refractivity (Wildman–Crippen MR) is 127 cm³/mol. The maximum atomic E-state index is 13.2. The van der Waals surface area contributed by atoms with Crippen molar-refractivity contribution in [3.05, 3.63) is 94.3 Å². The highest BCUT2D eigenvalue weighted by Crippen LogP contribution is 2.24. The fourth-order valence-corrected chi connectivity index (χ4v) is 4.33. The summed E-state index contributed by atoms with van der Waals surface area (Å²) in [4.78, 5) is 30.7. The summed E-state index contributed by atoms with van der Waals surface area (Å²) in [7, 11) is 0.